The fourth-order valence-electron chi connectivity index (χ4n) is 8.21. The molecule has 3 saturated heterocycles. The number of ether oxygens (including phenoxy) is 3. The van der Waals surface area contributed by atoms with Crippen LogP contribution in [0.3, 0.4) is 0 Å². The summed E-state index contributed by atoms with van der Waals surface area (Å²) in [6.45, 7) is 6.31. The van der Waals surface area contributed by atoms with E-state index in [-0.39, 0.29) is 51.4 Å². The van der Waals surface area contributed by atoms with E-state index in [1.807, 2.05) is 6.07 Å². The molecule has 0 unspecified atom stereocenters. The Morgan fingerprint density at radius 1 is 1.04 bits per heavy atom. The van der Waals surface area contributed by atoms with Crippen molar-refractivity contribution < 1.29 is 41.0 Å². The van der Waals surface area contributed by atoms with Gasteiger partial charge in [0.1, 0.15) is 23.3 Å². The highest BCUT2D eigenvalue weighted by atomic mass is 19.4. The van der Waals surface area contributed by atoms with Crippen molar-refractivity contribution in [2.75, 3.05) is 71.0 Å². The molecule has 5 heterocycles. The molecule has 0 bridgehead atoms. The van der Waals surface area contributed by atoms with Gasteiger partial charge >= 0.3 is 12.2 Å². The first-order valence-corrected chi connectivity index (χ1v) is 18.4. The third-order valence-electron chi connectivity index (χ3n) is 11.2. The summed E-state index contributed by atoms with van der Waals surface area (Å²) in [5, 5.41) is 0.476. The molecule has 54 heavy (non-hydrogen) atoms. The van der Waals surface area contributed by atoms with E-state index in [0.29, 0.717) is 80.8 Å². The van der Waals surface area contributed by atoms with Crippen molar-refractivity contribution >= 4 is 33.7 Å². The summed E-state index contributed by atoms with van der Waals surface area (Å²) in [4.78, 5) is 35.0. The van der Waals surface area contributed by atoms with E-state index in [9.17, 15) is 22.4 Å². The Kier molecular flexibility index (Phi) is 9.61. The normalized spacial score (nSPS) is 19.4. The van der Waals surface area contributed by atoms with Crippen LogP contribution in [0.4, 0.5) is 27.8 Å². The van der Waals surface area contributed by atoms with Crippen LogP contribution in [0.25, 0.3) is 33.1 Å². The fraction of sp³-hybridized carbons (Fsp3) is 0.526. The molecule has 1 spiro atoms. The molecule has 8 rings (SSSR count). The zero-order valence-corrected chi connectivity index (χ0v) is 30.0. The molecule has 0 atom stereocenters. The van der Waals surface area contributed by atoms with E-state index in [1.165, 1.54) is 23.4 Å². The zero-order chi connectivity index (χ0) is 37.8. The fourth-order valence-corrected chi connectivity index (χ4v) is 8.21. The second-order valence-corrected chi connectivity index (χ2v) is 15.0. The Morgan fingerprint density at radius 2 is 1.78 bits per heavy atom. The third-order valence-corrected chi connectivity index (χ3v) is 11.2. The number of anilines is 1. The monoisotopic (exact) mass is 755 g/mol. The Morgan fingerprint density at radius 3 is 2.44 bits per heavy atom. The predicted molar refractivity (Wildman–Crippen MR) is 191 cm³/mol. The summed E-state index contributed by atoms with van der Waals surface area (Å²) in [5.74, 6) is -2.10. The number of imidazole rings is 1. The van der Waals surface area contributed by atoms with Crippen molar-refractivity contribution in [3.05, 3.63) is 48.3 Å². The SMILES string of the molecule is C=C(F)C(=O)N1CC2(CCN(c3nc(OC4CCN(CCOC)CC4)nc4c(OCC(F)(F)F)c(-c5c(F)ccc6[nH]cnc56)c(C5CC5)cc34)CC2)C1. The summed E-state index contributed by atoms with van der Waals surface area (Å²) >= 11 is 0. The Bertz CT molecular complexity index is 2060. The number of hydrogen-bond acceptors (Lipinski definition) is 9. The minimum Gasteiger partial charge on any atom is -0.481 e. The van der Waals surface area contributed by atoms with Crippen molar-refractivity contribution in [1.29, 1.82) is 0 Å². The Balaban J connectivity index is 1.23. The average molecular weight is 756 g/mol. The highest BCUT2D eigenvalue weighted by molar-refractivity contribution is 6.04. The van der Waals surface area contributed by atoms with Gasteiger partial charge in [-0.25, -0.2) is 13.8 Å². The van der Waals surface area contributed by atoms with Gasteiger partial charge in [-0.1, -0.05) is 6.58 Å². The lowest BCUT2D eigenvalue weighted by atomic mass is 9.72. The number of methoxy groups -OCH3 is 1. The van der Waals surface area contributed by atoms with Crippen molar-refractivity contribution in [2.24, 2.45) is 5.41 Å². The van der Waals surface area contributed by atoms with Crippen LogP contribution < -0.4 is 14.4 Å². The standard InChI is InChI=1S/C38H42F5N7O4/c1-22(39)35(51)50-18-37(19-50)9-13-49(14-10-37)34-26-17-25(23-3-4-23)29(30-27(40)5-6-28-32(30)45-21-44-28)33(53-20-38(41,42)43)31(26)46-36(47-34)54-24-7-11-48(12-8-24)15-16-52-2/h5-6,17,21,23-24H,1,3-4,7-16,18-20H2,2H3,(H,44,45). The van der Waals surface area contributed by atoms with E-state index >= 15 is 4.39 Å². The van der Waals surface area contributed by atoms with E-state index in [4.69, 9.17) is 24.2 Å². The van der Waals surface area contributed by atoms with Crippen LogP contribution in [0.1, 0.15) is 50.0 Å². The number of carbonyl (C=O) groups is 1. The largest absolute Gasteiger partial charge is 0.481 e. The highest BCUT2D eigenvalue weighted by Gasteiger charge is 2.47. The maximum atomic E-state index is 16.0. The Labute approximate surface area is 308 Å². The molecule has 0 radical (unpaired) electrons. The van der Waals surface area contributed by atoms with Crippen molar-refractivity contribution in [3.8, 4) is 22.9 Å². The molecule has 4 aliphatic rings. The number of nitrogens with zero attached hydrogens (tertiary/aromatic N) is 6. The number of benzene rings is 2. The first-order chi connectivity index (χ1) is 25.9. The number of likely N-dealkylation sites (tertiary alicyclic amines) is 2. The number of piperidine rings is 2. The lowest BCUT2D eigenvalue weighted by molar-refractivity contribution is -0.153. The zero-order valence-electron chi connectivity index (χ0n) is 30.0. The van der Waals surface area contributed by atoms with E-state index in [1.54, 1.807) is 7.11 Å². The second kappa shape index (κ2) is 14.3. The number of hydrogen-bond donors (Lipinski definition) is 1. The van der Waals surface area contributed by atoms with Gasteiger partial charge in [0.2, 0.25) is 0 Å². The van der Waals surface area contributed by atoms with Crippen LogP contribution in [0.15, 0.2) is 36.9 Å². The number of halogens is 5. The topological polar surface area (TPSA) is 109 Å². The molecule has 16 heteroatoms. The molecule has 2 aromatic heterocycles. The van der Waals surface area contributed by atoms with E-state index in [0.717, 1.165) is 32.5 Å². The summed E-state index contributed by atoms with van der Waals surface area (Å²) < 4.78 is 89.0. The summed E-state index contributed by atoms with van der Waals surface area (Å²) in [6.07, 6.45) is 0.723. The van der Waals surface area contributed by atoms with Gasteiger partial charge < -0.3 is 33.9 Å². The molecule has 4 fully saturated rings. The molecule has 3 aliphatic heterocycles. The van der Waals surface area contributed by atoms with Gasteiger partial charge in [-0.3, -0.25) is 4.79 Å². The smallest absolute Gasteiger partial charge is 0.422 e. The third kappa shape index (κ3) is 7.17. The second-order valence-electron chi connectivity index (χ2n) is 15.0. The molecule has 1 amide bonds. The highest BCUT2D eigenvalue weighted by Crippen LogP contribution is 2.53. The van der Waals surface area contributed by atoms with Crippen molar-refractivity contribution in [3.63, 3.8) is 0 Å². The van der Waals surface area contributed by atoms with Crippen LogP contribution >= 0.6 is 0 Å². The molecule has 1 saturated carbocycles. The maximum absolute atomic E-state index is 16.0. The van der Waals surface area contributed by atoms with E-state index < -0.39 is 30.3 Å². The first-order valence-electron chi connectivity index (χ1n) is 18.4. The molecule has 2 aromatic carbocycles. The number of nitrogens with one attached hydrogen (secondary N) is 1. The average Bonchev–Trinajstić information content (AvgIpc) is 3.87. The molecular formula is C38H42F5N7O4. The minimum absolute atomic E-state index is 0.00423. The molecule has 1 aliphatic carbocycles. The first kappa shape index (κ1) is 36.4. The van der Waals surface area contributed by atoms with Gasteiger partial charge in [-0.2, -0.15) is 23.1 Å². The van der Waals surface area contributed by atoms with Gasteiger partial charge in [0, 0.05) is 74.9 Å². The summed E-state index contributed by atoms with van der Waals surface area (Å²) in [5.41, 5.74) is 1.57. The number of carbonyl (C=O) groups excluding carboxylic acids is 1. The van der Waals surface area contributed by atoms with Crippen LogP contribution in [0, 0.1) is 11.2 Å². The van der Waals surface area contributed by atoms with E-state index in [2.05, 4.69) is 26.3 Å². The van der Waals surface area contributed by atoms with Crippen LogP contribution in [0.5, 0.6) is 11.8 Å². The number of fused-ring (bicyclic) bond motifs is 2. The molecule has 1 N–H and O–H groups in total. The molecule has 4 aromatic rings. The van der Waals surface area contributed by atoms with Gasteiger partial charge in [-0.05, 0) is 68.2 Å². The summed E-state index contributed by atoms with van der Waals surface area (Å²) in [6, 6.07) is 4.68. The minimum atomic E-state index is -4.70. The van der Waals surface area contributed by atoms with Gasteiger partial charge in [0.15, 0.2) is 18.2 Å². The van der Waals surface area contributed by atoms with Crippen LogP contribution in [-0.4, -0.2) is 114 Å². The predicted octanol–water partition coefficient (Wildman–Crippen LogP) is 6.53. The number of aromatic amines is 1. The molecular weight excluding hydrogens is 713 g/mol. The molecule has 288 valence electrons. The number of aromatic nitrogens is 4. The van der Waals surface area contributed by atoms with Crippen molar-refractivity contribution in [2.45, 2.75) is 56.7 Å². The van der Waals surface area contributed by atoms with Gasteiger partial charge in [0.25, 0.3) is 5.91 Å². The number of amides is 1. The van der Waals surface area contributed by atoms with Crippen LogP contribution in [-0.2, 0) is 9.53 Å². The maximum Gasteiger partial charge on any atom is 0.422 e. The lowest BCUT2D eigenvalue weighted by Crippen LogP contribution is -2.62. The van der Waals surface area contributed by atoms with Crippen LogP contribution in [0.2, 0.25) is 0 Å². The molecule has 11 nitrogen and oxygen atoms in total. The summed E-state index contributed by atoms with van der Waals surface area (Å²) in [7, 11) is 1.66. The van der Waals surface area contributed by atoms with Crippen molar-refractivity contribution in [1.82, 2.24) is 29.7 Å². The number of H-pyrrole nitrogens is 1. The van der Waals surface area contributed by atoms with Gasteiger partial charge in [0.05, 0.1) is 24.0 Å². The Hall–Kier alpha value is -4.57. The number of alkyl halides is 3. The van der Waals surface area contributed by atoms with Gasteiger partial charge in [-0.15, -0.1) is 0 Å². The lowest BCUT2D eigenvalue weighted by Gasteiger charge is -2.54. The number of rotatable bonds is 11. The quantitative estimate of drug-likeness (QED) is 0.135.